The molecule has 0 aliphatic carbocycles. The molecular weight excluding hydrogens is 461 g/mol. The van der Waals surface area contributed by atoms with E-state index in [-0.39, 0.29) is 12.7 Å². The van der Waals surface area contributed by atoms with Gasteiger partial charge in [0.25, 0.3) is 0 Å². The Labute approximate surface area is 195 Å². The van der Waals surface area contributed by atoms with Gasteiger partial charge in [-0.2, -0.15) is 0 Å². The molecular formula is C22H20Cl3N3O3. The molecule has 2 unspecified atom stereocenters. The summed E-state index contributed by atoms with van der Waals surface area (Å²) in [5.74, 6) is -0.935. The Kier molecular flexibility index (Phi) is 6.84. The SMILES string of the molecule is CC1(c2ccccc2Cl)OCC(CO/N=C(\Cn2ccnc2)c2ccc(Cl)cc2Cl)O1. The third-order valence-electron chi connectivity index (χ3n) is 4.87. The van der Waals surface area contributed by atoms with Gasteiger partial charge in [0.05, 0.1) is 24.5 Å². The van der Waals surface area contributed by atoms with Crippen molar-refractivity contribution in [3.8, 4) is 0 Å². The summed E-state index contributed by atoms with van der Waals surface area (Å²) < 4.78 is 13.9. The first-order valence-corrected chi connectivity index (χ1v) is 10.7. The van der Waals surface area contributed by atoms with E-state index in [4.69, 9.17) is 49.1 Å². The van der Waals surface area contributed by atoms with E-state index in [1.807, 2.05) is 42.0 Å². The van der Waals surface area contributed by atoms with Crippen molar-refractivity contribution in [2.45, 2.75) is 25.4 Å². The lowest BCUT2D eigenvalue weighted by molar-refractivity contribution is -0.167. The van der Waals surface area contributed by atoms with E-state index in [1.54, 1.807) is 30.7 Å². The maximum atomic E-state index is 6.39. The predicted octanol–water partition coefficient (Wildman–Crippen LogP) is 5.55. The molecule has 0 N–H and O–H groups in total. The summed E-state index contributed by atoms with van der Waals surface area (Å²) >= 11 is 18.7. The first-order chi connectivity index (χ1) is 14.9. The van der Waals surface area contributed by atoms with E-state index >= 15 is 0 Å². The van der Waals surface area contributed by atoms with E-state index < -0.39 is 5.79 Å². The maximum Gasteiger partial charge on any atom is 0.194 e. The summed E-state index contributed by atoms with van der Waals surface area (Å²) in [5, 5.41) is 5.96. The number of rotatable bonds is 7. The number of nitrogens with zero attached hydrogens (tertiary/aromatic N) is 3. The molecule has 0 bridgehead atoms. The zero-order valence-electron chi connectivity index (χ0n) is 16.7. The van der Waals surface area contributed by atoms with Crippen LogP contribution in [0.15, 0.2) is 66.3 Å². The molecule has 2 aromatic carbocycles. The van der Waals surface area contributed by atoms with Gasteiger partial charge in [-0.05, 0) is 31.2 Å². The Bertz CT molecular complexity index is 1070. The number of hydrogen-bond acceptors (Lipinski definition) is 5. The molecule has 31 heavy (non-hydrogen) atoms. The fourth-order valence-electron chi connectivity index (χ4n) is 3.33. The summed E-state index contributed by atoms with van der Waals surface area (Å²) in [4.78, 5) is 9.72. The first-order valence-electron chi connectivity index (χ1n) is 9.61. The summed E-state index contributed by atoms with van der Waals surface area (Å²) in [7, 11) is 0. The van der Waals surface area contributed by atoms with E-state index in [9.17, 15) is 0 Å². The normalized spacial score (nSPS) is 21.4. The average molecular weight is 481 g/mol. The summed E-state index contributed by atoms with van der Waals surface area (Å²) in [6.07, 6.45) is 4.92. The Balaban J connectivity index is 1.46. The number of hydrogen-bond donors (Lipinski definition) is 0. The van der Waals surface area contributed by atoms with Crippen LogP contribution in [0, 0.1) is 0 Å². The van der Waals surface area contributed by atoms with Gasteiger partial charge in [-0.3, -0.25) is 0 Å². The number of oxime groups is 1. The van der Waals surface area contributed by atoms with Gasteiger partial charge in [-0.1, -0.05) is 58.2 Å². The quantitative estimate of drug-likeness (QED) is 0.328. The zero-order chi connectivity index (χ0) is 21.8. The Morgan fingerprint density at radius 2 is 2.06 bits per heavy atom. The van der Waals surface area contributed by atoms with Gasteiger partial charge in [0.15, 0.2) is 5.79 Å². The number of aromatic nitrogens is 2. The van der Waals surface area contributed by atoms with Crippen LogP contribution in [0.2, 0.25) is 15.1 Å². The Morgan fingerprint density at radius 3 is 2.81 bits per heavy atom. The minimum absolute atomic E-state index is 0.207. The van der Waals surface area contributed by atoms with Crippen LogP contribution in [0.3, 0.4) is 0 Å². The molecule has 9 heteroatoms. The van der Waals surface area contributed by atoms with Crippen molar-refractivity contribution in [1.82, 2.24) is 9.55 Å². The second kappa shape index (κ2) is 9.59. The van der Waals surface area contributed by atoms with Gasteiger partial charge in [-0.15, -0.1) is 0 Å². The molecule has 2 heterocycles. The zero-order valence-corrected chi connectivity index (χ0v) is 18.9. The smallest absolute Gasteiger partial charge is 0.194 e. The van der Waals surface area contributed by atoms with Crippen LogP contribution in [-0.2, 0) is 26.6 Å². The van der Waals surface area contributed by atoms with Crippen LogP contribution in [0.5, 0.6) is 0 Å². The number of halogens is 3. The minimum atomic E-state index is -0.935. The minimum Gasteiger partial charge on any atom is -0.393 e. The van der Waals surface area contributed by atoms with Gasteiger partial charge in [0, 0.05) is 33.6 Å². The van der Waals surface area contributed by atoms with E-state index in [0.717, 1.165) is 11.1 Å². The highest BCUT2D eigenvalue weighted by atomic mass is 35.5. The first kappa shape index (κ1) is 22.1. The van der Waals surface area contributed by atoms with Crippen molar-refractivity contribution in [2.24, 2.45) is 5.16 Å². The maximum absolute atomic E-state index is 6.39. The van der Waals surface area contributed by atoms with Crippen LogP contribution < -0.4 is 0 Å². The highest BCUT2D eigenvalue weighted by molar-refractivity contribution is 6.37. The lowest BCUT2D eigenvalue weighted by Crippen LogP contribution is -2.25. The molecule has 162 valence electrons. The summed E-state index contributed by atoms with van der Waals surface area (Å²) in [6.45, 7) is 2.84. The number of benzene rings is 2. The van der Waals surface area contributed by atoms with Gasteiger partial charge >= 0.3 is 0 Å². The van der Waals surface area contributed by atoms with E-state index in [2.05, 4.69) is 10.1 Å². The molecule has 1 fully saturated rings. The monoisotopic (exact) mass is 479 g/mol. The summed E-state index contributed by atoms with van der Waals surface area (Å²) in [5.41, 5.74) is 2.13. The lowest BCUT2D eigenvalue weighted by atomic mass is 10.1. The Hall–Kier alpha value is -2.09. The van der Waals surface area contributed by atoms with Gasteiger partial charge < -0.3 is 18.9 Å². The molecule has 2 atom stereocenters. The van der Waals surface area contributed by atoms with Crippen LogP contribution in [0.25, 0.3) is 0 Å². The largest absolute Gasteiger partial charge is 0.393 e. The lowest BCUT2D eigenvalue weighted by Gasteiger charge is -2.24. The summed E-state index contributed by atoms with van der Waals surface area (Å²) in [6, 6.07) is 12.7. The molecule has 6 nitrogen and oxygen atoms in total. The van der Waals surface area contributed by atoms with E-state index in [0.29, 0.717) is 33.9 Å². The molecule has 0 saturated carbocycles. The fourth-order valence-corrected chi connectivity index (χ4v) is 4.15. The predicted molar refractivity (Wildman–Crippen MR) is 121 cm³/mol. The highest BCUT2D eigenvalue weighted by Gasteiger charge is 2.40. The third-order valence-corrected chi connectivity index (χ3v) is 5.75. The third kappa shape index (κ3) is 5.22. The molecule has 1 aromatic heterocycles. The Morgan fingerprint density at radius 1 is 1.23 bits per heavy atom. The van der Waals surface area contributed by atoms with Crippen LogP contribution in [0.1, 0.15) is 18.1 Å². The van der Waals surface area contributed by atoms with Crippen molar-refractivity contribution >= 4 is 40.5 Å². The topological polar surface area (TPSA) is 57.9 Å². The fraction of sp³-hybridized carbons (Fsp3) is 0.273. The highest BCUT2D eigenvalue weighted by Crippen LogP contribution is 2.37. The second-order valence-corrected chi connectivity index (χ2v) is 8.42. The molecule has 3 aromatic rings. The van der Waals surface area contributed by atoms with Crippen LogP contribution in [-0.4, -0.2) is 34.6 Å². The van der Waals surface area contributed by atoms with Gasteiger partial charge in [0.1, 0.15) is 18.4 Å². The van der Waals surface area contributed by atoms with Crippen molar-refractivity contribution in [2.75, 3.05) is 13.2 Å². The van der Waals surface area contributed by atoms with Crippen molar-refractivity contribution in [3.05, 3.63) is 87.4 Å². The molecule has 0 amide bonds. The molecule has 1 aliphatic heterocycles. The molecule has 1 saturated heterocycles. The number of ether oxygens (including phenoxy) is 2. The molecule has 1 aliphatic rings. The number of imidazole rings is 1. The standard InChI is InChI=1S/C22H20Cl3N3O3/c1-22(18-4-2-3-5-19(18)24)29-12-16(31-22)13-30-27-21(11-28-9-8-26-14-28)17-7-6-15(23)10-20(17)25/h2-10,14,16H,11-13H2,1H3/b27-21+. The van der Waals surface area contributed by atoms with Crippen LogP contribution >= 0.6 is 34.8 Å². The molecule has 0 radical (unpaired) electrons. The van der Waals surface area contributed by atoms with Crippen molar-refractivity contribution in [3.63, 3.8) is 0 Å². The molecule has 4 rings (SSSR count). The average Bonchev–Trinajstić information content (AvgIpc) is 3.38. The van der Waals surface area contributed by atoms with E-state index in [1.165, 1.54) is 0 Å². The molecule has 0 spiro atoms. The van der Waals surface area contributed by atoms with Crippen molar-refractivity contribution in [1.29, 1.82) is 0 Å². The van der Waals surface area contributed by atoms with Gasteiger partial charge in [-0.25, -0.2) is 4.98 Å². The van der Waals surface area contributed by atoms with Crippen LogP contribution in [0.4, 0.5) is 0 Å². The van der Waals surface area contributed by atoms with Crippen molar-refractivity contribution < 1.29 is 14.3 Å². The second-order valence-electron chi connectivity index (χ2n) is 7.17. The van der Waals surface area contributed by atoms with Gasteiger partial charge in [0.2, 0.25) is 0 Å².